The fraction of sp³-hybridized carbons (Fsp3) is 0.438. The Hall–Kier alpha value is -1.57. The Morgan fingerprint density at radius 3 is 2.92 bits per heavy atom. The lowest BCUT2D eigenvalue weighted by atomic mass is 10.1. The minimum absolute atomic E-state index is 0. The van der Waals surface area contributed by atoms with Crippen LogP contribution in [-0.2, 0) is 5.75 Å². The van der Waals surface area contributed by atoms with Gasteiger partial charge in [0.25, 0.3) is 5.91 Å². The molecule has 1 unspecified atom stereocenters. The Morgan fingerprint density at radius 1 is 1.46 bits per heavy atom. The molecule has 0 bridgehead atoms. The van der Waals surface area contributed by atoms with Crippen LogP contribution in [0, 0.1) is 6.92 Å². The van der Waals surface area contributed by atoms with Crippen molar-refractivity contribution in [2.45, 2.75) is 30.0 Å². The molecule has 0 spiro atoms. The molecule has 24 heavy (non-hydrogen) atoms. The highest BCUT2D eigenvalue weighted by Crippen LogP contribution is 2.27. The molecule has 0 radical (unpaired) electrons. The van der Waals surface area contributed by atoms with E-state index in [1.165, 1.54) is 0 Å². The van der Waals surface area contributed by atoms with Gasteiger partial charge in [-0.2, -0.15) is 4.98 Å². The number of hydrogen-bond donors (Lipinski definition) is 1. The number of benzene rings is 1. The van der Waals surface area contributed by atoms with Gasteiger partial charge in [-0.3, -0.25) is 4.79 Å². The fourth-order valence-electron chi connectivity index (χ4n) is 2.63. The molecule has 0 saturated carbocycles. The van der Waals surface area contributed by atoms with Crippen LogP contribution >= 0.6 is 24.2 Å². The third-order valence-electron chi connectivity index (χ3n) is 3.94. The maximum atomic E-state index is 12.8. The predicted molar refractivity (Wildman–Crippen MR) is 95.7 cm³/mol. The standard InChI is InChI=1S/C16H20N4O2S.ClH/c1-11-18-15(22-19-11)10-23-14-6-4-3-5-13(14)16(21)20(2)12-7-8-17-9-12;/h3-6,12,17H,7-10H2,1-2H3;1H. The highest BCUT2D eigenvalue weighted by molar-refractivity contribution is 7.98. The van der Waals surface area contributed by atoms with Crippen molar-refractivity contribution in [2.75, 3.05) is 20.1 Å². The van der Waals surface area contributed by atoms with E-state index in [0.717, 1.165) is 30.0 Å². The molecule has 8 heteroatoms. The third kappa shape index (κ3) is 4.28. The average Bonchev–Trinajstić information content (AvgIpc) is 3.23. The van der Waals surface area contributed by atoms with E-state index in [-0.39, 0.29) is 24.4 Å². The van der Waals surface area contributed by atoms with Gasteiger partial charge in [0.05, 0.1) is 11.3 Å². The maximum absolute atomic E-state index is 12.8. The maximum Gasteiger partial charge on any atom is 0.255 e. The molecule has 1 amide bonds. The first-order chi connectivity index (χ1) is 11.1. The Balaban J connectivity index is 0.00000208. The number of carbonyl (C=O) groups is 1. The van der Waals surface area contributed by atoms with Crippen molar-refractivity contribution in [3.63, 3.8) is 0 Å². The van der Waals surface area contributed by atoms with Gasteiger partial charge in [-0.25, -0.2) is 0 Å². The molecule has 130 valence electrons. The SMILES string of the molecule is Cc1noc(CSc2ccccc2C(=O)N(C)C2CCNC2)n1.Cl. The summed E-state index contributed by atoms with van der Waals surface area (Å²) >= 11 is 1.54. The van der Waals surface area contributed by atoms with Gasteiger partial charge in [0.2, 0.25) is 5.89 Å². The van der Waals surface area contributed by atoms with Crippen LogP contribution < -0.4 is 5.32 Å². The fourth-order valence-corrected chi connectivity index (χ4v) is 3.52. The second-order valence-corrected chi connectivity index (χ2v) is 6.60. The minimum Gasteiger partial charge on any atom is -0.338 e. The quantitative estimate of drug-likeness (QED) is 0.818. The average molecular weight is 369 g/mol. The van der Waals surface area contributed by atoms with Crippen LogP contribution in [0.15, 0.2) is 33.7 Å². The second kappa shape index (κ2) is 8.50. The Labute approximate surface area is 151 Å². The molecule has 0 aliphatic carbocycles. The number of nitrogens with one attached hydrogen (secondary N) is 1. The van der Waals surface area contributed by atoms with E-state index in [2.05, 4.69) is 15.5 Å². The van der Waals surface area contributed by atoms with Gasteiger partial charge in [-0.05, 0) is 32.0 Å². The van der Waals surface area contributed by atoms with Gasteiger partial charge in [-0.1, -0.05) is 17.3 Å². The Bertz CT molecular complexity index is 688. The van der Waals surface area contributed by atoms with Crippen molar-refractivity contribution >= 4 is 30.1 Å². The number of aryl methyl sites for hydroxylation is 1. The number of thioether (sulfide) groups is 1. The van der Waals surface area contributed by atoms with Crippen LogP contribution in [0.4, 0.5) is 0 Å². The lowest BCUT2D eigenvalue weighted by molar-refractivity contribution is 0.0740. The highest BCUT2D eigenvalue weighted by Gasteiger charge is 2.25. The molecule has 1 atom stereocenters. The number of rotatable bonds is 5. The zero-order valence-electron chi connectivity index (χ0n) is 13.7. The normalized spacial score (nSPS) is 16.7. The summed E-state index contributed by atoms with van der Waals surface area (Å²) in [5, 5.41) is 7.08. The first-order valence-electron chi connectivity index (χ1n) is 7.64. The monoisotopic (exact) mass is 368 g/mol. The molecule has 1 aliphatic rings. The van der Waals surface area contributed by atoms with Crippen molar-refractivity contribution in [1.29, 1.82) is 0 Å². The van der Waals surface area contributed by atoms with E-state index >= 15 is 0 Å². The molecule has 1 aliphatic heterocycles. The molecule has 6 nitrogen and oxygen atoms in total. The summed E-state index contributed by atoms with van der Waals surface area (Å²) in [5.41, 5.74) is 0.725. The molecule has 1 aromatic carbocycles. The molecule has 1 N–H and O–H groups in total. The first-order valence-corrected chi connectivity index (χ1v) is 8.62. The van der Waals surface area contributed by atoms with Gasteiger partial charge < -0.3 is 14.7 Å². The molecule has 2 aromatic rings. The topological polar surface area (TPSA) is 71.3 Å². The van der Waals surface area contributed by atoms with Gasteiger partial charge in [-0.15, -0.1) is 24.2 Å². The Morgan fingerprint density at radius 2 is 2.25 bits per heavy atom. The molecule has 3 rings (SSSR count). The summed E-state index contributed by atoms with van der Waals surface area (Å²) in [6.45, 7) is 3.62. The van der Waals surface area contributed by atoms with Crippen molar-refractivity contribution in [1.82, 2.24) is 20.4 Å². The number of halogens is 1. The molecular weight excluding hydrogens is 348 g/mol. The van der Waals surface area contributed by atoms with Gasteiger partial charge in [0.1, 0.15) is 0 Å². The van der Waals surface area contributed by atoms with E-state index in [4.69, 9.17) is 4.52 Å². The lowest BCUT2D eigenvalue weighted by Crippen LogP contribution is -2.38. The molecule has 2 heterocycles. The smallest absolute Gasteiger partial charge is 0.255 e. The van der Waals surface area contributed by atoms with Crippen molar-refractivity contribution in [3.05, 3.63) is 41.5 Å². The number of amides is 1. The molecular formula is C16H21ClN4O2S. The summed E-state index contributed by atoms with van der Waals surface area (Å²) < 4.78 is 5.13. The van der Waals surface area contributed by atoms with Crippen LogP contribution in [0.2, 0.25) is 0 Å². The van der Waals surface area contributed by atoms with Crippen molar-refractivity contribution in [3.8, 4) is 0 Å². The molecule has 1 aromatic heterocycles. The van der Waals surface area contributed by atoms with Crippen LogP contribution in [0.3, 0.4) is 0 Å². The number of hydrogen-bond acceptors (Lipinski definition) is 6. The van der Waals surface area contributed by atoms with E-state index in [0.29, 0.717) is 17.5 Å². The number of nitrogens with zero attached hydrogens (tertiary/aromatic N) is 3. The summed E-state index contributed by atoms with van der Waals surface area (Å²) in [7, 11) is 1.88. The van der Waals surface area contributed by atoms with Crippen LogP contribution in [0.1, 0.15) is 28.5 Å². The molecule has 1 fully saturated rings. The van der Waals surface area contributed by atoms with Gasteiger partial charge in [0, 0.05) is 24.5 Å². The summed E-state index contributed by atoms with van der Waals surface area (Å²) in [6, 6.07) is 7.94. The van der Waals surface area contributed by atoms with Crippen molar-refractivity contribution in [2.24, 2.45) is 0 Å². The van der Waals surface area contributed by atoms with Crippen LogP contribution in [0.25, 0.3) is 0 Å². The zero-order valence-corrected chi connectivity index (χ0v) is 15.3. The molecule has 1 saturated heterocycles. The number of carbonyl (C=O) groups excluding carboxylic acids is 1. The Kier molecular flexibility index (Phi) is 6.65. The van der Waals surface area contributed by atoms with E-state index in [1.807, 2.05) is 36.2 Å². The van der Waals surface area contributed by atoms with Crippen LogP contribution in [0.5, 0.6) is 0 Å². The highest BCUT2D eigenvalue weighted by atomic mass is 35.5. The summed E-state index contributed by atoms with van der Waals surface area (Å²) in [5.74, 6) is 1.81. The minimum atomic E-state index is 0. The van der Waals surface area contributed by atoms with Crippen molar-refractivity contribution < 1.29 is 9.32 Å². The second-order valence-electron chi connectivity index (χ2n) is 5.58. The van der Waals surface area contributed by atoms with Gasteiger partial charge >= 0.3 is 0 Å². The van der Waals surface area contributed by atoms with Gasteiger partial charge in [0.15, 0.2) is 5.82 Å². The van der Waals surface area contributed by atoms with E-state index in [1.54, 1.807) is 18.7 Å². The lowest BCUT2D eigenvalue weighted by Gasteiger charge is -2.24. The van der Waals surface area contributed by atoms with E-state index in [9.17, 15) is 4.79 Å². The largest absolute Gasteiger partial charge is 0.338 e. The number of aromatic nitrogens is 2. The summed E-state index contributed by atoms with van der Waals surface area (Å²) in [4.78, 5) is 19.8. The van der Waals surface area contributed by atoms with Crippen LogP contribution in [-0.4, -0.2) is 47.1 Å². The van der Waals surface area contributed by atoms with E-state index < -0.39 is 0 Å². The predicted octanol–water partition coefficient (Wildman–Crippen LogP) is 2.53. The summed E-state index contributed by atoms with van der Waals surface area (Å²) in [6.07, 6.45) is 0.999. The number of likely N-dealkylation sites (N-methyl/N-ethyl adjacent to an activating group) is 1. The first kappa shape index (κ1) is 18.8. The zero-order chi connectivity index (χ0) is 16.2. The third-order valence-corrected chi connectivity index (χ3v) is 5.00.